The van der Waals surface area contributed by atoms with E-state index in [0.29, 0.717) is 6.54 Å². The smallest absolute Gasteiger partial charge is 0.293 e. The Morgan fingerprint density at radius 3 is 2.61 bits per heavy atom. The van der Waals surface area contributed by atoms with E-state index in [1.165, 1.54) is 0 Å². The van der Waals surface area contributed by atoms with Gasteiger partial charge < -0.3 is 11.1 Å². The van der Waals surface area contributed by atoms with Crippen molar-refractivity contribution in [2.75, 3.05) is 11.9 Å². The highest BCUT2D eigenvalue weighted by Gasteiger charge is 2.21. The molecule has 0 bridgehead atoms. The summed E-state index contributed by atoms with van der Waals surface area (Å²) in [6.45, 7) is 4.18. The lowest BCUT2D eigenvalue weighted by molar-refractivity contribution is -0.384. The Kier molecular flexibility index (Phi) is 5.03. The van der Waals surface area contributed by atoms with Gasteiger partial charge in [-0.15, -0.1) is 0 Å². The Balaban J connectivity index is 3.14. The second-order valence-corrected chi connectivity index (χ2v) is 5.13. The van der Waals surface area contributed by atoms with Crippen molar-refractivity contribution in [2.45, 2.75) is 19.9 Å². The number of halogens is 2. The van der Waals surface area contributed by atoms with E-state index in [0.717, 1.165) is 12.1 Å². The number of benzene rings is 1. The number of nitrogens with one attached hydrogen (secondary N) is 1. The molecule has 0 aliphatic carbocycles. The van der Waals surface area contributed by atoms with Crippen LogP contribution in [0.3, 0.4) is 0 Å². The van der Waals surface area contributed by atoms with E-state index in [9.17, 15) is 14.5 Å². The maximum Gasteiger partial charge on any atom is 0.293 e. The first-order valence-corrected chi connectivity index (χ1v) is 6.26. The van der Waals surface area contributed by atoms with E-state index in [1.54, 1.807) is 0 Å². The summed E-state index contributed by atoms with van der Waals surface area (Å²) in [5.41, 5.74) is 5.55. The summed E-state index contributed by atoms with van der Waals surface area (Å²) >= 11 is 2.93. The third kappa shape index (κ3) is 3.39. The maximum absolute atomic E-state index is 13.4. The van der Waals surface area contributed by atoms with E-state index in [2.05, 4.69) is 21.2 Å². The maximum atomic E-state index is 13.4. The van der Waals surface area contributed by atoms with Crippen LogP contribution >= 0.6 is 15.9 Å². The van der Waals surface area contributed by atoms with Gasteiger partial charge in [-0.3, -0.25) is 10.1 Å². The largest absolute Gasteiger partial charge is 0.375 e. The molecule has 1 atom stereocenters. The van der Waals surface area contributed by atoms with Crippen LogP contribution in [0.2, 0.25) is 0 Å². The summed E-state index contributed by atoms with van der Waals surface area (Å²) in [6.07, 6.45) is 0. The predicted octanol–water partition coefficient (Wildman–Crippen LogP) is 2.89. The van der Waals surface area contributed by atoms with Gasteiger partial charge in [0.25, 0.3) is 5.69 Å². The van der Waals surface area contributed by atoms with Gasteiger partial charge in [0, 0.05) is 24.7 Å². The zero-order valence-electron chi connectivity index (χ0n) is 10.1. The van der Waals surface area contributed by atoms with Gasteiger partial charge in [-0.25, -0.2) is 4.39 Å². The molecule has 0 heterocycles. The zero-order valence-corrected chi connectivity index (χ0v) is 11.7. The minimum absolute atomic E-state index is 0.0635. The van der Waals surface area contributed by atoms with Crippen molar-refractivity contribution in [3.8, 4) is 0 Å². The van der Waals surface area contributed by atoms with Crippen LogP contribution in [0.1, 0.15) is 13.8 Å². The SMILES string of the molecule is CC(C)C(CN)Nc1cc(F)c(Br)cc1[N+](=O)[O-]. The molecular formula is C11H15BrFN3O2. The van der Waals surface area contributed by atoms with Gasteiger partial charge in [0.05, 0.1) is 9.40 Å². The predicted molar refractivity (Wildman–Crippen MR) is 72.1 cm³/mol. The van der Waals surface area contributed by atoms with E-state index >= 15 is 0 Å². The lowest BCUT2D eigenvalue weighted by atomic mass is 10.0. The van der Waals surface area contributed by atoms with Crippen LogP contribution in [0.5, 0.6) is 0 Å². The molecule has 18 heavy (non-hydrogen) atoms. The van der Waals surface area contributed by atoms with Crippen molar-refractivity contribution >= 4 is 27.3 Å². The minimum atomic E-state index is -0.555. The molecule has 1 aromatic carbocycles. The fraction of sp³-hybridized carbons (Fsp3) is 0.455. The minimum Gasteiger partial charge on any atom is -0.375 e. The van der Waals surface area contributed by atoms with Crippen LogP contribution in [-0.2, 0) is 0 Å². The van der Waals surface area contributed by atoms with Crippen LogP contribution in [-0.4, -0.2) is 17.5 Å². The first-order chi connectivity index (χ1) is 8.36. The Labute approximate surface area is 113 Å². The molecule has 3 N–H and O–H groups in total. The number of hydrogen-bond acceptors (Lipinski definition) is 4. The fourth-order valence-electron chi connectivity index (χ4n) is 1.50. The number of anilines is 1. The summed E-state index contributed by atoms with van der Waals surface area (Å²) in [7, 11) is 0. The number of nitrogens with two attached hydrogens (primary N) is 1. The van der Waals surface area contributed by atoms with Crippen LogP contribution < -0.4 is 11.1 Å². The van der Waals surface area contributed by atoms with Crippen molar-refractivity contribution in [1.82, 2.24) is 0 Å². The number of rotatable bonds is 5. The van der Waals surface area contributed by atoms with Crippen molar-refractivity contribution in [3.63, 3.8) is 0 Å². The van der Waals surface area contributed by atoms with Gasteiger partial charge in [-0.05, 0) is 21.8 Å². The van der Waals surface area contributed by atoms with Gasteiger partial charge in [0.2, 0.25) is 0 Å². The standard InChI is InChI=1S/C11H15BrFN3O2/c1-6(2)10(5-14)15-9-4-8(13)7(12)3-11(9)16(17)18/h3-4,6,10,15H,5,14H2,1-2H3. The topological polar surface area (TPSA) is 81.2 Å². The third-order valence-corrected chi connectivity index (χ3v) is 3.24. The first kappa shape index (κ1) is 14.8. The van der Waals surface area contributed by atoms with E-state index in [1.807, 2.05) is 13.8 Å². The molecule has 0 spiro atoms. The molecule has 0 aliphatic rings. The number of nitro benzene ring substituents is 1. The molecule has 0 aromatic heterocycles. The van der Waals surface area contributed by atoms with Crippen molar-refractivity contribution < 1.29 is 9.31 Å². The Hall–Kier alpha value is -1.21. The first-order valence-electron chi connectivity index (χ1n) is 5.46. The number of nitrogens with zero attached hydrogens (tertiary/aromatic N) is 1. The third-order valence-electron chi connectivity index (χ3n) is 2.63. The molecule has 0 radical (unpaired) electrons. The monoisotopic (exact) mass is 319 g/mol. The van der Waals surface area contributed by atoms with Crippen molar-refractivity contribution in [2.24, 2.45) is 11.7 Å². The fourth-order valence-corrected chi connectivity index (χ4v) is 1.83. The van der Waals surface area contributed by atoms with E-state index in [4.69, 9.17) is 5.73 Å². The molecule has 0 fully saturated rings. The summed E-state index contributed by atoms with van der Waals surface area (Å²) < 4.78 is 13.5. The molecule has 0 aliphatic heterocycles. The number of hydrogen-bond donors (Lipinski definition) is 2. The molecule has 7 heteroatoms. The van der Waals surface area contributed by atoms with E-state index < -0.39 is 10.7 Å². The highest BCUT2D eigenvalue weighted by Crippen LogP contribution is 2.31. The molecule has 1 rings (SSSR count). The molecule has 100 valence electrons. The van der Waals surface area contributed by atoms with E-state index in [-0.39, 0.29) is 27.8 Å². The Bertz CT molecular complexity index is 454. The quantitative estimate of drug-likeness (QED) is 0.646. The molecule has 5 nitrogen and oxygen atoms in total. The summed E-state index contributed by atoms with van der Waals surface area (Å²) in [6, 6.07) is 2.10. The lowest BCUT2D eigenvalue weighted by Crippen LogP contribution is -2.33. The summed E-state index contributed by atoms with van der Waals surface area (Å²) in [5.74, 6) is -0.371. The molecule has 0 amide bonds. The second-order valence-electron chi connectivity index (χ2n) is 4.27. The zero-order chi connectivity index (χ0) is 13.9. The highest BCUT2D eigenvalue weighted by molar-refractivity contribution is 9.10. The van der Waals surface area contributed by atoms with Gasteiger partial charge in [-0.2, -0.15) is 0 Å². The average Bonchev–Trinajstić information content (AvgIpc) is 2.29. The average molecular weight is 320 g/mol. The summed E-state index contributed by atoms with van der Waals surface area (Å²) in [4.78, 5) is 10.4. The van der Waals surface area contributed by atoms with Gasteiger partial charge in [0.1, 0.15) is 11.5 Å². The molecule has 1 unspecified atom stereocenters. The normalized spacial score (nSPS) is 12.6. The van der Waals surface area contributed by atoms with Crippen LogP contribution in [0.25, 0.3) is 0 Å². The van der Waals surface area contributed by atoms with Crippen LogP contribution in [0.4, 0.5) is 15.8 Å². The van der Waals surface area contributed by atoms with Crippen molar-refractivity contribution in [1.29, 1.82) is 0 Å². The number of nitro groups is 1. The van der Waals surface area contributed by atoms with Crippen molar-refractivity contribution in [3.05, 3.63) is 32.5 Å². The van der Waals surface area contributed by atoms with Gasteiger partial charge in [0.15, 0.2) is 0 Å². The highest BCUT2D eigenvalue weighted by atomic mass is 79.9. The molecule has 0 saturated heterocycles. The Morgan fingerprint density at radius 2 is 2.17 bits per heavy atom. The van der Waals surface area contributed by atoms with Crippen LogP contribution in [0.15, 0.2) is 16.6 Å². The second kappa shape index (κ2) is 6.10. The Morgan fingerprint density at radius 1 is 1.56 bits per heavy atom. The molecule has 1 aromatic rings. The van der Waals surface area contributed by atoms with Gasteiger partial charge >= 0.3 is 0 Å². The lowest BCUT2D eigenvalue weighted by Gasteiger charge is -2.21. The molecular weight excluding hydrogens is 305 g/mol. The summed E-state index contributed by atoms with van der Waals surface area (Å²) in [5, 5.41) is 13.8. The molecule has 0 saturated carbocycles. The van der Waals surface area contributed by atoms with Gasteiger partial charge in [-0.1, -0.05) is 13.8 Å². The van der Waals surface area contributed by atoms with Crippen LogP contribution in [0, 0.1) is 21.8 Å².